The summed E-state index contributed by atoms with van der Waals surface area (Å²) in [6.07, 6.45) is 2.83. The Morgan fingerprint density at radius 3 is 2.83 bits per heavy atom. The van der Waals surface area contributed by atoms with Crippen LogP contribution in [0, 0.1) is 6.92 Å². The molecule has 0 bridgehead atoms. The minimum Gasteiger partial charge on any atom is -0.363 e. The molecule has 0 aliphatic heterocycles. The van der Waals surface area contributed by atoms with Crippen LogP contribution in [0.25, 0.3) is 5.65 Å². The van der Waals surface area contributed by atoms with Gasteiger partial charge in [-0.15, -0.1) is 10.2 Å². The average Bonchev–Trinajstić information content (AvgIpc) is 3.10. The van der Waals surface area contributed by atoms with Crippen LogP contribution >= 0.6 is 0 Å². The second-order valence-corrected chi connectivity index (χ2v) is 6.07. The van der Waals surface area contributed by atoms with Crippen LogP contribution < -0.4 is 5.32 Å². The number of hydrogen-bond donors (Lipinski definition) is 1. The zero-order valence-corrected chi connectivity index (χ0v) is 14.1. The Hall–Kier alpha value is -2.44. The van der Waals surface area contributed by atoms with Crippen LogP contribution in [0.15, 0.2) is 18.5 Å². The molecule has 7 nitrogen and oxygen atoms in total. The zero-order valence-electron chi connectivity index (χ0n) is 14.1. The van der Waals surface area contributed by atoms with Gasteiger partial charge in [0.05, 0.1) is 12.2 Å². The minimum absolute atomic E-state index is 0.361. The number of aryl methyl sites for hydroxylation is 2. The van der Waals surface area contributed by atoms with Gasteiger partial charge in [0.2, 0.25) is 0 Å². The monoisotopic (exact) mass is 313 g/mol. The van der Waals surface area contributed by atoms with E-state index in [-0.39, 0.29) is 0 Å². The molecular formula is C16H23N7. The summed E-state index contributed by atoms with van der Waals surface area (Å²) in [4.78, 5) is 4.68. The van der Waals surface area contributed by atoms with Crippen molar-refractivity contribution in [3.8, 4) is 0 Å². The first kappa shape index (κ1) is 15.5. The van der Waals surface area contributed by atoms with Gasteiger partial charge < -0.3 is 9.88 Å². The molecule has 3 aromatic heterocycles. The highest BCUT2D eigenvalue weighted by molar-refractivity contribution is 5.51. The molecule has 0 saturated carbocycles. The standard InChI is InChI=1S/C16H23N7/c1-5-6-22-10-18-20-16(22)9-17-14-8-13(11(2)3)19-15-7-12(4)21-23(14)15/h7-8,10-11,17H,5-6,9H2,1-4H3. The van der Waals surface area contributed by atoms with Gasteiger partial charge in [0, 0.05) is 24.4 Å². The Bertz CT molecular complexity index is 800. The van der Waals surface area contributed by atoms with Gasteiger partial charge in [-0.2, -0.15) is 9.61 Å². The van der Waals surface area contributed by atoms with E-state index in [4.69, 9.17) is 0 Å². The van der Waals surface area contributed by atoms with Crippen LogP contribution in [-0.2, 0) is 13.1 Å². The summed E-state index contributed by atoms with van der Waals surface area (Å²) >= 11 is 0. The largest absolute Gasteiger partial charge is 0.363 e. The van der Waals surface area contributed by atoms with Crippen LogP contribution in [0.5, 0.6) is 0 Å². The summed E-state index contributed by atoms with van der Waals surface area (Å²) in [6.45, 7) is 9.94. The number of aromatic nitrogens is 6. The highest BCUT2D eigenvalue weighted by atomic mass is 15.3. The van der Waals surface area contributed by atoms with Gasteiger partial charge in [-0.1, -0.05) is 20.8 Å². The summed E-state index contributed by atoms with van der Waals surface area (Å²) < 4.78 is 3.92. The summed E-state index contributed by atoms with van der Waals surface area (Å²) in [7, 11) is 0. The van der Waals surface area contributed by atoms with Crippen LogP contribution in [0.3, 0.4) is 0 Å². The van der Waals surface area contributed by atoms with Gasteiger partial charge in [-0.25, -0.2) is 4.98 Å². The number of hydrogen-bond acceptors (Lipinski definition) is 5. The zero-order chi connectivity index (χ0) is 16.4. The fraction of sp³-hybridized carbons (Fsp3) is 0.500. The van der Waals surface area contributed by atoms with E-state index < -0.39 is 0 Å². The van der Waals surface area contributed by atoms with E-state index in [2.05, 4.69) is 57.0 Å². The lowest BCUT2D eigenvalue weighted by Gasteiger charge is -2.12. The molecule has 122 valence electrons. The topological polar surface area (TPSA) is 72.9 Å². The highest BCUT2D eigenvalue weighted by Crippen LogP contribution is 2.20. The van der Waals surface area contributed by atoms with Crippen molar-refractivity contribution < 1.29 is 0 Å². The van der Waals surface area contributed by atoms with Gasteiger partial charge >= 0.3 is 0 Å². The highest BCUT2D eigenvalue weighted by Gasteiger charge is 2.11. The lowest BCUT2D eigenvalue weighted by Crippen LogP contribution is -2.12. The van der Waals surface area contributed by atoms with E-state index in [9.17, 15) is 0 Å². The molecule has 0 aromatic carbocycles. The van der Waals surface area contributed by atoms with Gasteiger partial charge in [0.25, 0.3) is 0 Å². The molecule has 0 amide bonds. The lowest BCUT2D eigenvalue weighted by atomic mass is 10.1. The molecule has 0 spiro atoms. The molecule has 0 aliphatic carbocycles. The lowest BCUT2D eigenvalue weighted by molar-refractivity contribution is 0.643. The van der Waals surface area contributed by atoms with Crippen molar-refractivity contribution in [1.29, 1.82) is 0 Å². The first-order valence-electron chi connectivity index (χ1n) is 8.06. The second kappa shape index (κ2) is 6.36. The first-order valence-corrected chi connectivity index (χ1v) is 8.06. The van der Waals surface area contributed by atoms with Crippen molar-refractivity contribution in [1.82, 2.24) is 29.4 Å². The number of nitrogens with zero attached hydrogens (tertiary/aromatic N) is 6. The van der Waals surface area contributed by atoms with E-state index in [1.54, 1.807) is 6.33 Å². The summed E-state index contributed by atoms with van der Waals surface area (Å²) in [5, 5.41) is 16.2. The van der Waals surface area contributed by atoms with Crippen molar-refractivity contribution in [2.75, 3.05) is 5.32 Å². The van der Waals surface area contributed by atoms with Gasteiger partial charge in [-0.05, 0) is 19.3 Å². The Morgan fingerprint density at radius 2 is 2.09 bits per heavy atom. The molecule has 0 saturated heterocycles. The first-order chi connectivity index (χ1) is 11.1. The van der Waals surface area contributed by atoms with Crippen molar-refractivity contribution in [3.05, 3.63) is 35.7 Å². The summed E-state index contributed by atoms with van der Waals surface area (Å²) in [5.41, 5.74) is 2.87. The Balaban J connectivity index is 1.90. The maximum Gasteiger partial charge on any atom is 0.157 e. The van der Waals surface area contributed by atoms with Crippen molar-refractivity contribution in [3.63, 3.8) is 0 Å². The number of rotatable bonds is 6. The van der Waals surface area contributed by atoms with Crippen molar-refractivity contribution in [2.45, 2.75) is 53.1 Å². The van der Waals surface area contributed by atoms with Gasteiger partial charge in [-0.3, -0.25) is 0 Å². The molecule has 23 heavy (non-hydrogen) atoms. The molecule has 1 N–H and O–H groups in total. The predicted molar refractivity (Wildman–Crippen MR) is 89.5 cm³/mol. The Morgan fingerprint density at radius 1 is 1.26 bits per heavy atom. The number of anilines is 1. The SMILES string of the molecule is CCCn1cnnc1CNc1cc(C(C)C)nc2cc(C)nn12. The summed E-state index contributed by atoms with van der Waals surface area (Å²) in [6, 6.07) is 4.06. The fourth-order valence-corrected chi connectivity index (χ4v) is 2.54. The third kappa shape index (κ3) is 3.18. The molecule has 3 rings (SSSR count). The summed E-state index contributed by atoms with van der Waals surface area (Å²) in [5.74, 6) is 2.21. The van der Waals surface area contributed by atoms with E-state index in [1.165, 1.54) is 0 Å². The normalized spacial score (nSPS) is 11.5. The molecular weight excluding hydrogens is 290 g/mol. The Labute approximate surface area is 135 Å². The van der Waals surface area contributed by atoms with Crippen LogP contribution in [0.2, 0.25) is 0 Å². The fourth-order valence-electron chi connectivity index (χ4n) is 2.54. The molecule has 3 heterocycles. The molecule has 7 heteroatoms. The molecule has 0 atom stereocenters. The maximum atomic E-state index is 4.68. The van der Waals surface area contributed by atoms with E-state index >= 15 is 0 Å². The molecule has 0 radical (unpaired) electrons. The van der Waals surface area contributed by atoms with E-state index in [0.29, 0.717) is 12.5 Å². The molecule has 0 aliphatic rings. The van der Waals surface area contributed by atoms with Crippen LogP contribution in [0.4, 0.5) is 5.82 Å². The third-order valence-electron chi connectivity index (χ3n) is 3.75. The molecule has 0 fully saturated rings. The van der Waals surface area contributed by atoms with Gasteiger partial charge in [0.15, 0.2) is 11.5 Å². The van der Waals surface area contributed by atoms with Crippen LogP contribution in [-0.4, -0.2) is 29.4 Å². The van der Waals surface area contributed by atoms with Crippen molar-refractivity contribution >= 4 is 11.5 Å². The minimum atomic E-state index is 0.361. The number of fused-ring (bicyclic) bond motifs is 1. The second-order valence-electron chi connectivity index (χ2n) is 6.07. The average molecular weight is 313 g/mol. The van der Waals surface area contributed by atoms with Gasteiger partial charge in [0.1, 0.15) is 12.1 Å². The van der Waals surface area contributed by atoms with Crippen LogP contribution in [0.1, 0.15) is 50.3 Å². The number of nitrogens with one attached hydrogen (secondary N) is 1. The smallest absolute Gasteiger partial charge is 0.157 e. The predicted octanol–water partition coefficient (Wildman–Crippen LogP) is 2.77. The third-order valence-corrected chi connectivity index (χ3v) is 3.75. The quantitative estimate of drug-likeness (QED) is 0.757. The molecule has 3 aromatic rings. The Kier molecular flexibility index (Phi) is 4.27. The molecule has 0 unspecified atom stereocenters. The van der Waals surface area contributed by atoms with E-state index in [0.717, 1.165) is 41.6 Å². The van der Waals surface area contributed by atoms with Crippen molar-refractivity contribution in [2.24, 2.45) is 0 Å². The van der Waals surface area contributed by atoms with E-state index in [1.807, 2.05) is 17.5 Å². The maximum absolute atomic E-state index is 4.68.